The van der Waals surface area contributed by atoms with Crippen molar-refractivity contribution in [1.29, 1.82) is 0 Å². The molecule has 0 aliphatic carbocycles. The largest absolute Gasteiger partial charge is 0.478 e. The average molecular weight is 277 g/mol. The molecule has 2 N–H and O–H groups in total. The minimum absolute atomic E-state index is 0.0583. The molecule has 0 spiro atoms. The van der Waals surface area contributed by atoms with E-state index in [4.69, 9.17) is 9.84 Å². The molecular weight excluding hydrogens is 262 g/mol. The second-order valence-corrected chi connectivity index (χ2v) is 4.06. The van der Waals surface area contributed by atoms with Gasteiger partial charge in [0.05, 0.1) is 24.9 Å². The van der Waals surface area contributed by atoms with Crippen LogP contribution in [0.4, 0.5) is 5.95 Å². The van der Waals surface area contributed by atoms with Gasteiger partial charge in [-0.3, -0.25) is 4.68 Å². The fraction of sp³-hybridized carbons (Fsp3) is 0.333. The highest BCUT2D eigenvalue weighted by atomic mass is 16.5. The summed E-state index contributed by atoms with van der Waals surface area (Å²) < 4.78 is 6.76. The molecule has 106 valence electrons. The average Bonchev–Trinajstić information content (AvgIpc) is 2.91. The summed E-state index contributed by atoms with van der Waals surface area (Å²) in [6, 6.07) is 0. The number of rotatable bonds is 7. The summed E-state index contributed by atoms with van der Waals surface area (Å²) in [5.41, 5.74) is 1.04. The van der Waals surface area contributed by atoms with E-state index in [2.05, 4.69) is 20.4 Å². The van der Waals surface area contributed by atoms with Gasteiger partial charge >= 0.3 is 5.97 Å². The Hall–Kier alpha value is -2.48. The van der Waals surface area contributed by atoms with Gasteiger partial charge in [-0.15, -0.1) is 0 Å². The minimum Gasteiger partial charge on any atom is -0.478 e. The Balaban J connectivity index is 1.88. The van der Waals surface area contributed by atoms with Crippen LogP contribution in [-0.4, -0.2) is 44.5 Å². The van der Waals surface area contributed by atoms with Gasteiger partial charge in [0.15, 0.2) is 0 Å². The summed E-state index contributed by atoms with van der Waals surface area (Å²) in [6.07, 6.45) is 6.17. The molecule has 0 atom stereocenters. The molecule has 0 aliphatic rings. The highest BCUT2D eigenvalue weighted by molar-refractivity contribution is 5.86. The molecule has 0 bridgehead atoms. The quantitative estimate of drug-likeness (QED) is 0.765. The van der Waals surface area contributed by atoms with Gasteiger partial charge in [0.1, 0.15) is 0 Å². The first-order chi connectivity index (χ1) is 9.69. The summed E-state index contributed by atoms with van der Waals surface area (Å²) in [6.45, 7) is 1.81. The number of hydrogen-bond donors (Lipinski definition) is 2. The van der Waals surface area contributed by atoms with E-state index in [1.54, 1.807) is 18.0 Å². The zero-order valence-corrected chi connectivity index (χ0v) is 11.0. The number of ether oxygens (including phenoxy) is 1. The number of nitrogens with one attached hydrogen (secondary N) is 1. The molecule has 0 aromatic carbocycles. The fourth-order valence-electron chi connectivity index (χ4n) is 1.52. The second-order valence-electron chi connectivity index (χ2n) is 4.06. The van der Waals surface area contributed by atoms with Crippen molar-refractivity contribution in [2.24, 2.45) is 0 Å². The Morgan fingerprint density at radius 2 is 2.15 bits per heavy atom. The summed E-state index contributed by atoms with van der Waals surface area (Å²) in [4.78, 5) is 18.5. The van der Waals surface area contributed by atoms with Crippen molar-refractivity contribution in [3.63, 3.8) is 0 Å². The van der Waals surface area contributed by atoms with Gasteiger partial charge in [-0.1, -0.05) is 0 Å². The predicted octanol–water partition coefficient (Wildman–Crippen LogP) is 0.630. The topological polar surface area (TPSA) is 102 Å². The third-order valence-corrected chi connectivity index (χ3v) is 2.56. The van der Waals surface area contributed by atoms with Crippen LogP contribution in [0.15, 0.2) is 24.8 Å². The molecule has 0 radical (unpaired) electrons. The van der Waals surface area contributed by atoms with E-state index in [1.165, 1.54) is 12.4 Å². The van der Waals surface area contributed by atoms with E-state index in [9.17, 15) is 4.79 Å². The van der Waals surface area contributed by atoms with Crippen LogP contribution < -0.4 is 5.32 Å². The van der Waals surface area contributed by atoms with E-state index < -0.39 is 5.97 Å². The Morgan fingerprint density at radius 1 is 1.40 bits per heavy atom. The number of aromatic nitrogens is 4. The van der Waals surface area contributed by atoms with Gasteiger partial charge < -0.3 is 15.2 Å². The normalized spacial score (nSPS) is 10.4. The van der Waals surface area contributed by atoms with E-state index >= 15 is 0 Å². The minimum atomic E-state index is -1.05. The number of aromatic carboxylic acids is 1. The first-order valence-electron chi connectivity index (χ1n) is 5.98. The molecule has 2 aromatic heterocycles. The SMILES string of the molecule is COCCn1cc(CNc2ncc(C(=O)O)cn2)cn1. The molecule has 8 heteroatoms. The molecule has 0 saturated carbocycles. The zero-order valence-electron chi connectivity index (χ0n) is 11.0. The first-order valence-corrected chi connectivity index (χ1v) is 5.98. The highest BCUT2D eigenvalue weighted by Crippen LogP contribution is 2.04. The number of methoxy groups -OCH3 is 1. The van der Waals surface area contributed by atoms with Crippen molar-refractivity contribution in [1.82, 2.24) is 19.7 Å². The Kier molecular flexibility index (Phi) is 4.61. The number of carboxylic acids is 1. The molecule has 0 unspecified atom stereocenters. The fourth-order valence-corrected chi connectivity index (χ4v) is 1.52. The lowest BCUT2D eigenvalue weighted by molar-refractivity contribution is 0.0696. The predicted molar refractivity (Wildman–Crippen MR) is 70.4 cm³/mol. The third kappa shape index (κ3) is 3.75. The van der Waals surface area contributed by atoms with Gasteiger partial charge in [-0.05, 0) is 0 Å². The van der Waals surface area contributed by atoms with Crippen molar-refractivity contribution < 1.29 is 14.6 Å². The van der Waals surface area contributed by atoms with Crippen LogP contribution in [0.2, 0.25) is 0 Å². The van der Waals surface area contributed by atoms with Crippen molar-refractivity contribution in [3.8, 4) is 0 Å². The first kappa shape index (κ1) is 13.9. The maximum Gasteiger partial charge on any atom is 0.338 e. The molecule has 2 rings (SSSR count). The van der Waals surface area contributed by atoms with Crippen molar-refractivity contribution in [2.45, 2.75) is 13.1 Å². The summed E-state index contributed by atoms with van der Waals surface area (Å²) in [5, 5.41) is 15.9. The van der Waals surface area contributed by atoms with Crippen molar-refractivity contribution in [3.05, 3.63) is 35.9 Å². The summed E-state index contributed by atoms with van der Waals surface area (Å²) in [5.74, 6) is -0.671. The van der Waals surface area contributed by atoms with E-state index in [0.29, 0.717) is 25.6 Å². The van der Waals surface area contributed by atoms with Crippen LogP contribution in [0, 0.1) is 0 Å². The van der Waals surface area contributed by atoms with Gasteiger partial charge in [-0.2, -0.15) is 5.10 Å². The summed E-state index contributed by atoms with van der Waals surface area (Å²) in [7, 11) is 1.64. The van der Waals surface area contributed by atoms with Crippen LogP contribution in [0.3, 0.4) is 0 Å². The standard InChI is InChI=1S/C12H15N5O3/c1-20-3-2-17-8-9(5-16-17)4-13-12-14-6-10(7-15-12)11(18)19/h5-8H,2-4H2,1H3,(H,18,19)(H,13,14,15). The van der Waals surface area contributed by atoms with E-state index in [-0.39, 0.29) is 5.56 Å². The zero-order chi connectivity index (χ0) is 14.4. The van der Waals surface area contributed by atoms with Crippen LogP contribution in [0.25, 0.3) is 0 Å². The van der Waals surface area contributed by atoms with Gasteiger partial charge in [0.2, 0.25) is 5.95 Å². The third-order valence-electron chi connectivity index (χ3n) is 2.56. The molecule has 0 amide bonds. The van der Waals surface area contributed by atoms with Crippen LogP contribution >= 0.6 is 0 Å². The van der Waals surface area contributed by atoms with Crippen LogP contribution in [0.1, 0.15) is 15.9 Å². The molecule has 8 nitrogen and oxygen atoms in total. The summed E-state index contributed by atoms with van der Waals surface area (Å²) >= 11 is 0. The van der Waals surface area contributed by atoms with Gasteiger partial charge in [-0.25, -0.2) is 14.8 Å². The van der Waals surface area contributed by atoms with Gasteiger partial charge in [0, 0.05) is 37.8 Å². The van der Waals surface area contributed by atoms with Gasteiger partial charge in [0.25, 0.3) is 0 Å². The maximum absolute atomic E-state index is 10.7. The highest BCUT2D eigenvalue weighted by Gasteiger charge is 2.04. The van der Waals surface area contributed by atoms with Crippen LogP contribution in [-0.2, 0) is 17.8 Å². The molecule has 0 fully saturated rings. The Bertz CT molecular complexity index is 567. The molecule has 2 aromatic rings. The van der Waals surface area contributed by atoms with Crippen LogP contribution in [0.5, 0.6) is 0 Å². The number of carbonyl (C=O) groups is 1. The number of hydrogen-bond acceptors (Lipinski definition) is 6. The maximum atomic E-state index is 10.7. The van der Waals surface area contributed by atoms with Crippen molar-refractivity contribution >= 4 is 11.9 Å². The Morgan fingerprint density at radius 3 is 2.80 bits per heavy atom. The number of carboxylic acid groups (broad SMARTS) is 1. The molecule has 0 saturated heterocycles. The smallest absolute Gasteiger partial charge is 0.338 e. The lowest BCUT2D eigenvalue weighted by Crippen LogP contribution is -2.06. The molecule has 2 heterocycles. The van der Waals surface area contributed by atoms with E-state index in [0.717, 1.165) is 5.56 Å². The number of anilines is 1. The molecule has 20 heavy (non-hydrogen) atoms. The van der Waals surface area contributed by atoms with E-state index in [1.807, 2.05) is 6.20 Å². The number of nitrogens with zero attached hydrogens (tertiary/aromatic N) is 4. The monoisotopic (exact) mass is 277 g/mol. The Labute approximate surface area is 115 Å². The lowest BCUT2D eigenvalue weighted by atomic mass is 10.3. The molecule has 0 aliphatic heterocycles. The second kappa shape index (κ2) is 6.62. The van der Waals surface area contributed by atoms with Crippen molar-refractivity contribution in [2.75, 3.05) is 19.0 Å². The molecular formula is C12H15N5O3. The lowest BCUT2D eigenvalue weighted by Gasteiger charge is -2.02.